The van der Waals surface area contributed by atoms with Crippen LogP contribution in [-0.2, 0) is 26.2 Å². The van der Waals surface area contributed by atoms with E-state index in [-0.39, 0.29) is 17.3 Å². The van der Waals surface area contributed by atoms with Gasteiger partial charge in [0.15, 0.2) is 0 Å². The highest BCUT2D eigenvalue weighted by Gasteiger charge is 2.33. The molecule has 3 aromatic carbocycles. The van der Waals surface area contributed by atoms with Gasteiger partial charge in [-0.25, -0.2) is 8.42 Å². The monoisotopic (exact) mass is 563 g/mol. The molecule has 7 nitrogen and oxygen atoms in total. The molecule has 1 N–H and O–H groups in total. The molecule has 0 aliphatic rings. The van der Waals surface area contributed by atoms with E-state index in [0.717, 1.165) is 32.1 Å². The summed E-state index contributed by atoms with van der Waals surface area (Å²) >= 11 is 0. The highest BCUT2D eigenvalue weighted by atomic mass is 32.2. The van der Waals surface area contributed by atoms with Gasteiger partial charge >= 0.3 is 0 Å². The van der Waals surface area contributed by atoms with Gasteiger partial charge in [0.1, 0.15) is 12.6 Å². The van der Waals surface area contributed by atoms with Gasteiger partial charge in [0.2, 0.25) is 11.8 Å². The molecule has 40 heavy (non-hydrogen) atoms. The van der Waals surface area contributed by atoms with Crippen LogP contribution in [0.2, 0.25) is 0 Å². The summed E-state index contributed by atoms with van der Waals surface area (Å²) in [5.74, 6) is -0.791. The lowest BCUT2D eigenvalue weighted by molar-refractivity contribution is -0.140. The quantitative estimate of drug-likeness (QED) is 0.375. The van der Waals surface area contributed by atoms with E-state index in [2.05, 4.69) is 5.32 Å². The van der Waals surface area contributed by atoms with E-state index in [1.165, 1.54) is 4.90 Å². The Morgan fingerprint density at radius 2 is 1.43 bits per heavy atom. The maximum atomic E-state index is 14.1. The lowest BCUT2D eigenvalue weighted by atomic mass is 10.1. The second-order valence-electron chi connectivity index (χ2n) is 11.6. The van der Waals surface area contributed by atoms with Crippen LogP contribution >= 0.6 is 0 Å². The SMILES string of the molecule is Cc1ccc(S(=O)(=O)N(CC(=O)N(Cc2cccc(C)c2)C(C)C(=O)NC(C)(C)C)c2cc(C)cc(C)c2)cc1. The average Bonchev–Trinajstić information content (AvgIpc) is 2.84. The molecule has 0 aliphatic heterocycles. The minimum Gasteiger partial charge on any atom is -0.350 e. The van der Waals surface area contributed by atoms with Crippen LogP contribution in [0.5, 0.6) is 0 Å². The molecule has 0 saturated carbocycles. The van der Waals surface area contributed by atoms with Crippen molar-refractivity contribution in [3.8, 4) is 0 Å². The number of amides is 2. The summed E-state index contributed by atoms with van der Waals surface area (Å²) in [4.78, 5) is 28.8. The first kappa shape index (κ1) is 30.9. The normalized spacial score (nSPS) is 12.5. The lowest BCUT2D eigenvalue weighted by Gasteiger charge is -2.33. The van der Waals surface area contributed by atoms with Crippen molar-refractivity contribution in [3.05, 3.63) is 94.5 Å². The Labute approximate surface area is 239 Å². The third-order valence-corrected chi connectivity index (χ3v) is 8.27. The first-order valence-electron chi connectivity index (χ1n) is 13.4. The summed E-state index contributed by atoms with van der Waals surface area (Å²) in [6.45, 7) is 14.6. The molecular weight excluding hydrogens is 522 g/mol. The fraction of sp³-hybridized carbons (Fsp3) is 0.375. The van der Waals surface area contributed by atoms with Gasteiger partial charge in [-0.15, -0.1) is 0 Å². The Morgan fingerprint density at radius 1 is 0.825 bits per heavy atom. The number of nitrogens with one attached hydrogen (secondary N) is 1. The summed E-state index contributed by atoms with van der Waals surface area (Å²) in [7, 11) is -4.10. The number of rotatable bonds is 9. The Bertz CT molecular complexity index is 1450. The van der Waals surface area contributed by atoms with E-state index >= 15 is 0 Å². The van der Waals surface area contributed by atoms with Gasteiger partial charge in [0.05, 0.1) is 10.6 Å². The number of sulfonamides is 1. The van der Waals surface area contributed by atoms with E-state index in [9.17, 15) is 18.0 Å². The van der Waals surface area contributed by atoms with Gasteiger partial charge in [-0.3, -0.25) is 13.9 Å². The predicted molar refractivity (Wildman–Crippen MR) is 161 cm³/mol. The minimum absolute atomic E-state index is 0.0915. The third-order valence-electron chi connectivity index (χ3n) is 6.48. The van der Waals surface area contributed by atoms with Crippen molar-refractivity contribution in [2.45, 2.75) is 78.4 Å². The van der Waals surface area contributed by atoms with Crippen LogP contribution in [0.1, 0.15) is 55.5 Å². The number of anilines is 1. The first-order chi connectivity index (χ1) is 18.6. The van der Waals surface area contributed by atoms with Crippen molar-refractivity contribution in [2.24, 2.45) is 0 Å². The lowest BCUT2D eigenvalue weighted by Crippen LogP contribution is -2.54. The van der Waals surface area contributed by atoms with Crippen LogP contribution in [0.4, 0.5) is 5.69 Å². The van der Waals surface area contributed by atoms with Gasteiger partial charge in [-0.1, -0.05) is 53.6 Å². The number of aryl methyl sites for hydroxylation is 4. The van der Waals surface area contributed by atoms with Crippen LogP contribution in [0.25, 0.3) is 0 Å². The molecule has 0 heterocycles. The van der Waals surface area contributed by atoms with E-state index in [0.29, 0.717) is 5.69 Å². The van der Waals surface area contributed by atoms with E-state index in [1.807, 2.05) is 78.8 Å². The zero-order chi connectivity index (χ0) is 29.8. The standard InChI is InChI=1S/C32H41N3O4S/c1-22-12-14-29(15-13-22)40(38,39)35(28-18-24(3)16-25(4)19-28)21-30(36)34(20-27-11-9-10-23(2)17-27)26(5)31(37)33-32(6,7)8/h9-19,26H,20-21H2,1-8H3,(H,33,37). The fourth-order valence-electron chi connectivity index (χ4n) is 4.52. The average molecular weight is 564 g/mol. The van der Waals surface area contributed by atoms with Gasteiger partial charge < -0.3 is 10.2 Å². The van der Waals surface area contributed by atoms with Crippen molar-refractivity contribution in [1.29, 1.82) is 0 Å². The zero-order valence-electron chi connectivity index (χ0n) is 24.8. The van der Waals surface area contributed by atoms with Crippen molar-refractivity contribution >= 4 is 27.5 Å². The number of hydrogen-bond acceptors (Lipinski definition) is 4. The molecule has 1 unspecified atom stereocenters. The Hall–Kier alpha value is -3.65. The van der Waals surface area contributed by atoms with Gasteiger partial charge in [0.25, 0.3) is 10.0 Å². The summed E-state index contributed by atoms with van der Waals surface area (Å²) < 4.78 is 29.1. The van der Waals surface area contributed by atoms with Crippen LogP contribution < -0.4 is 9.62 Å². The molecule has 3 rings (SSSR count). The largest absolute Gasteiger partial charge is 0.350 e. The summed E-state index contributed by atoms with van der Waals surface area (Å²) in [5.41, 5.74) is 4.45. The molecule has 0 fully saturated rings. The summed E-state index contributed by atoms with van der Waals surface area (Å²) in [6, 6.07) is 18.9. The topological polar surface area (TPSA) is 86.8 Å². The molecule has 1 atom stereocenters. The molecule has 2 amide bonds. The number of carbonyl (C=O) groups excluding carboxylic acids is 2. The molecular formula is C32H41N3O4S. The van der Waals surface area contributed by atoms with Crippen LogP contribution in [0.3, 0.4) is 0 Å². The van der Waals surface area contributed by atoms with E-state index < -0.39 is 34.1 Å². The number of carbonyl (C=O) groups is 2. The zero-order valence-corrected chi connectivity index (χ0v) is 25.6. The van der Waals surface area contributed by atoms with Gasteiger partial charge in [0, 0.05) is 12.1 Å². The summed E-state index contributed by atoms with van der Waals surface area (Å²) in [6.07, 6.45) is 0. The minimum atomic E-state index is -4.10. The molecule has 0 spiro atoms. The maximum Gasteiger partial charge on any atom is 0.264 e. The number of nitrogens with zero attached hydrogens (tertiary/aromatic N) is 2. The first-order valence-corrected chi connectivity index (χ1v) is 14.9. The summed E-state index contributed by atoms with van der Waals surface area (Å²) in [5, 5.41) is 2.95. The van der Waals surface area contributed by atoms with Gasteiger partial charge in [-0.2, -0.15) is 0 Å². The number of hydrogen-bond donors (Lipinski definition) is 1. The van der Waals surface area contributed by atoms with Crippen molar-refractivity contribution < 1.29 is 18.0 Å². The van der Waals surface area contributed by atoms with Crippen LogP contribution in [-0.4, -0.2) is 43.3 Å². The molecule has 0 bridgehead atoms. The molecule has 0 aromatic heterocycles. The molecule has 0 saturated heterocycles. The molecule has 0 aliphatic carbocycles. The predicted octanol–water partition coefficient (Wildman–Crippen LogP) is 5.45. The van der Waals surface area contributed by atoms with Crippen molar-refractivity contribution in [1.82, 2.24) is 10.2 Å². The van der Waals surface area contributed by atoms with E-state index in [1.54, 1.807) is 43.3 Å². The van der Waals surface area contributed by atoms with E-state index in [4.69, 9.17) is 0 Å². The Balaban J connectivity index is 2.07. The molecule has 0 radical (unpaired) electrons. The second kappa shape index (κ2) is 12.3. The third kappa shape index (κ3) is 7.94. The van der Waals surface area contributed by atoms with Crippen molar-refractivity contribution in [3.63, 3.8) is 0 Å². The second-order valence-corrected chi connectivity index (χ2v) is 13.5. The highest BCUT2D eigenvalue weighted by Crippen LogP contribution is 2.27. The molecule has 214 valence electrons. The van der Waals surface area contributed by atoms with Gasteiger partial charge in [-0.05, 0) is 96.3 Å². The molecule has 8 heteroatoms. The number of benzene rings is 3. The van der Waals surface area contributed by atoms with Crippen LogP contribution in [0, 0.1) is 27.7 Å². The molecule has 3 aromatic rings. The Morgan fingerprint density at radius 3 is 1.98 bits per heavy atom. The Kier molecular flexibility index (Phi) is 9.46. The highest BCUT2D eigenvalue weighted by molar-refractivity contribution is 7.92. The van der Waals surface area contributed by atoms with Crippen LogP contribution in [0.15, 0.2) is 71.6 Å². The van der Waals surface area contributed by atoms with Crippen molar-refractivity contribution in [2.75, 3.05) is 10.8 Å². The smallest absolute Gasteiger partial charge is 0.264 e. The fourth-order valence-corrected chi connectivity index (χ4v) is 5.92. The maximum absolute atomic E-state index is 14.1.